The lowest BCUT2D eigenvalue weighted by atomic mass is 9.89. The van der Waals surface area contributed by atoms with E-state index in [4.69, 9.17) is 0 Å². The summed E-state index contributed by atoms with van der Waals surface area (Å²) in [4.78, 5) is 17.9. The second-order valence-corrected chi connectivity index (χ2v) is 9.97. The maximum Gasteiger partial charge on any atom is 0.328 e. The maximum absolute atomic E-state index is 13.6. The summed E-state index contributed by atoms with van der Waals surface area (Å²) in [6, 6.07) is 10.3. The van der Waals surface area contributed by atoms with Gasteiger partial charge in [-0.3, -0.25) is 14.1 Å². The Morgan fingerprint density at radius 3 is 2.56 bits per heavy atom. The number of imidazole rings is 1. The minimum Gasteiger partial charge on any atom is -0.296 e. The van der Waals surface area contributed by atoms with E-state index in [0.29, 0.717) is 18.3 Å². The van der Waals surface area contributed by atoms with Crippen LogP contribution in [0, 0.1) is 12.8 Å². The lowest BCUT2D eigenvalue weighted by molar-refractivity contribution is 0.313. The molecule has 0 aliphatic heterocycles. The van der Waals surface area contributed by atoms with Gasteiger partial charge in [-0.25, -0.2) is 4.79 Å². The van der Waals surface area contributed by atoms with E-state index in [1.165, 1.54) is 37.8 Å². The number of aromatic amines is 1. The van der Waals surface area contributed by atoms with E-state index in [9.17, 15) is 4.79 Å². The molecule has 188 valence electrons. The van der Waals surface area contributed by atoms with E-state index >= 15 is 0 Å². The first kappa shape index (κ1) is 24.2. The lowest BCUT2D eigenvalue weighted by Gasteiger charge is -2.22. The van der Waals surface area contributed by atoms with Crippen LogP contribution in [0.4, 0.5) is 0 Å². The smallest absolute Gasteiger partial charge is 0.296 e. The zero-order valence-electron chi connectivity index (χ0n) is 21.3. The standard InChI is InChI=1S/C28H35N7O/c1-3-4-10-26-20(2)34(18-21-8-6-5-7-9-21)28(36)35(26)19-22-11-13-23(14-12-22)25-17-29-16-15-24(25)27-30-32-33-31-27/h11-17,21H,3-10,18-19H2,1-2H3,(H,30,31,32,33). The normalized spacial score (nSPS) is 14.4. The molecular weight excluding hydrogens is 450 g/mol. The van der Waals surface area contributed by atoms with Crippen LogP contribution in [0.25, 0.3) is 22.5 Å². The molecule has 1 aliphatic rings. The van der Waals surface area contributed by atoms with Crippen LogP contribution in [0.5, 0.6) is 0 Å². The van der Waals surface area contributed by atoms with Gasteiger partial charge < -0.3 is 0 Å². The molecule has 0 bridgehead atoms. The Morgan fingerprint density at radius 1 is 1.03 bits per heavy atom. The molecule has 0 atom stereocenters. The summed E-state index contributed by atoms with van der Waals surface area (Å²) in [7, 11) is 0. The average molecular weight is 486 g/mol. The molecule has 4 aromatic rings. The predicted molar refractivity (Wildman–Crippen MR) is 141 cm³/mol. The van der Waals surface area contributed by atoms with Gasteiger partial charge in [-0.05, 0) is 60.9 Å². The molecule has 0 saturated heterocycles. The van der Waals surface area contributed by atoms with E-state index in [-0.39, 0.29) is 5.69 Å². The second-order valence-electron chi connectivity index (χ2n) is 9.97. The summed E-state index contributed by atoms with van der Waals surface area (Å²) in [6.07, 6.45) is 13.1. The number of hydrogen-bond donors (Lipinski definition) is 1. The minimum atomic E-state index is 0.139. The number of nitrogens with one attached hydrogen (secondary N) is 1. The molecule has 0 amide bonds. The molecule has 1 fully saturated rings. The molecule has 3 heterocycles. The summed E-state index contributed by atoms with van der Waals surface area (Å²) in [5.74, 6) is 1.16. The van der Waals surface area contributed by atoms with E-state index in [1.807, 2.05) is 16.8 Å². The van der Waals surface area contributed by atoms with Gasteiger partial charge in [0.05, 0.1) is 6.54 Å². The highest BCUT2D eigenvalue weighted by Gasteiger charge is 2.21. The van der Waals surface area contributed by atoms with Crippen molar-refractivity contribution in [2.24, 2.45) is 5.92 Å². The first-order valence-corrected chi connectivity index (χ1v) is 13.2. The van der Waals surface area contributed by atoms with Crippen LogP contribution in [0.3, 0.4) is 0 Å². The molecule has 0 radical (unpaired) electrons. The van der Waals surface area contributed by atoms with E-state index in [1.54, 1.807) is 6.20 Å². The van der Waals surface area contributed by atoms with Gasteiger partial charge in [0.25, 0.3) is 0 Å². The lowest BCUT2D eigenvalue weighted by Crippen LogP contribution is -2.28. The number of H-pyrrole nitrogens is 1. The molecule has 1 N–H and O–H groups in total. The highest BCUT2D eigenvalue weighted by molar-refractivity contribution is 5.79. The van der Waals surface area contributed by atoms with Crippen molar-refractivity contribution in [1.29, 1.82) is 0 Å². The van der Waals surface area contributed by atoms with Crippen molar-refractivity contribution in [2.45, 2.75) is 78.3 Å². The zero-order chi connectivity index (χ0) is 24.9. The molecule has 1 aromatic carbocycles. The van der Waals surface area contributed by atoms with Gasteiger partial charge in [0.1, 0.15) is 0 Å². The van der Waals surface area contributed by atoms with Crippen molar-refractivity contribution in [2.75, 3.05) is 0 Å². The molecule has 36 heavy (non-hydrogen) atoms. The summed E-state index contributed by atoms with van der Waals surface area (Å²) >= 11 is 0. The number of rotatable bonds is 9. The van der Waals surface area contributed by atoms with Crippen molar-refractivity contribution in [3.8, 4) is 22.5 Å². The third-order valence-corrected chi connectivity index (χ3v) is 7.56. The molecule has 1 aliphatic carbocycles. The average Bonchev–Trinajstić information content (AvgIpc) is 3.53. The zero-order valence-corrected chi connectivity index (χ0v) is 21.3. The Labute approximate surface area is 211 Å². The van der Waals surface area contributed by atoms with Crippen molar-refractivity contribution >= 4 is 0 Å². The number of unbranched alkanes of at least 4 members (excludes halogenated alkanes) is 1. The first-order chi connectivity index (χ1) is 17.7. The monoisotopic (exact) mass is 485 g/mol. The number of nitrogens with zero attached hydrogens (tertiary/aromatic N) is 6. The second kappa shape index (κ2) is 11.0. The fourth-order valence-electron chi connectivity index (χ4n) is 5.49. The van der Waals surface area contributed by atoms with Crippen molar-refractivity contribution in [3.63, 3.8) is 0 Å². The largest absolute Gasteiger partial charge is 0.328 e. The maximum atomic E-state index is 13.6. The summed E-state index contributed by atoms with van der Waals surface area (Å²) in [5.41, 5.74) is 6.43. The van der Waals surface area contributed by atoms with Crippen molar-refractivity contribution in [1.82, 2.24) is 34.7 Å². The number of benzene rings is 1. The molecular formula is C28H35N7O. The van der Waals surface area contributed by atoms with Crippen LogP contribution in [-0.4, -0.2) is 34.7 Å². The van der Waals surface area contributed by atoms with Gasteiger partial charge in [-0.15, -0.1) is 10.2 Å². The Hall–Kier alpha value is -3.55. The number of hydrogen-bond acceptors (Lipinski definition) is 5. The van der Waals surface area contributed by atoms with Crippen LogP contribution in [0.15, 0.2) is 47.5 Å². The van der Waals surface area contributed by atoms with Crippen LogP contribution >= 0.6 is 0 Å². The Bertz CT molecular complexity index is 1330. The van der Waals surface area contributed by atoms with Gasteiger partial charge in [0.15, 0.2) is 0 Å². The van der Waals surface area contributed by atoms with Crippen molar-refractivity contribution in [3.05, 3.63) is 70.2 Å². The van der Waals surface area contributed by atoms with E-state index < -0.39 is 0 Å². The Balaban J connectivity index is 1.42. The Kier molecular flexibility index (Phi) is 7.39. The van der Waals surface area contributed by atoms with Crippen LogP contribution in [0.2, 0.25) is 0 Å². The Morgan fingerprint density at radius 2 is 1.83 bits per heavy atom. The molecule has 5 rings (SSSR count). The van der Waals surface area contributed by atoms with Gasteiger partial charge in [0, 0.05) is 41.5 Å². The fraction of sp³-hybridized carbons (Fsp3) is 0.464. The van der Waals surface area contributed by atoms with Gasteiger partial charge >= 0.3 is 5.69 Å². The molecule has 0 spiro atoms. The number of aromatic nitrogens is 7. The molecule has 0 unspecified atom stereocenters. The fourth-order valence-corrected chi connectivity index (χ4v) is 5.49. The predicted octanol–water partition coefficient (Wildman–Crippen LogP) is 5.17. The summed E-state index contributed by atoms with van der Waals surface area (Å²) in [6.45, 7) is 5.78. The SMILES string of the molecule is CCCCc1c(C)n(CC2CCCCC2)c(=O)n1Cc1ccc(-c2cnccc2-c2nn[nH]n2)cc1. The quantitative estimate of drug-likeness (QED) is 0.353. The molecule has 8 heteroatoms. The first-order valence-electron chi connectivity index (χ1n) is 13.2. The highest BCUT2D eigenvalue weighted by Crippen LogP contribution is 2.29. The molecule has 3 aromatic heterocycles. The molecule has 8 nitrogen and oxygen atoms in total. The number of tetrazole rings is 1. The highest BCUT2D eigenvalue weighted by atomic mass is 16.1. The van der Waals surface area contributed by atoms with Crippen LogP contribution in [-0.2, 0) is 19.5 Å². The van der Waals surface area contributed by atoms with Crippen molar-refractivity contribution < 1.29 is 0 Å². The van der Waals surface area contributed by atoms with Crippen LogP contribution < -0.4 is 5.69 Å². The van der Waals surface area contributed by atoms with E-state index in [2.05, 4.69) is 68.3 Å². The van der Waals surface area contributed by atoms with Gasteiger partial charge in [-0.1, -0.05) is 56.9 Å². The third kappa shape index (κ3) is 5.03. The minimum absolute atomic E-state index is 0.139. The number of pyridine rings is 1. The van der Waals surface area contributed by atoms with Gasteiger partial charge in [0.2, 0.25) is 5.82 Å². The summed E-state index contributed by atoms with van der Waals surface area (Å²) < 4.78 is 4.07. The third-order valence-electron chi connectivity index (χ3n) is 7.56. The molecule has 1 saturated carbocycles. The summed E-state index contributed by atoms with van der Waals surface area (Å²) in [5, 5.41) is 14.5. The van der Waals surface area contributed by atoms with E-state index in [0.717, 1.165) is 53.8 Å². The topological polar surface area (TPSA) is 94.3 Å². The van der Waals surface area contributed by atoms with Crippen LogP contribution in [0.1, 0.15) is 68.8 Å². The van der Waals surface area contributed by atoms with Gasteiger partial charge in [-0.2, -0.15) is 5.21 Å².